The van der Waals surface area contributed by atoms with Gasteiger partial charge in [0.2, 0.25) is 11.9 Å². The Hall–Kier alpha value is -2.92. The van der Waals surface area contributed by atoms with Crippen LogP contribution < -0.4 is 10.6 Å². The molecule has 0 radical (unpaired) electrons. The van der Waals surface area contributed by atoms with Crippen molar-refractivity contribution in [3.63, 3.8) is 0 Å². The van der Waals surface area contributed by atoms with Crippen molar-refractivity contribution >= 4 is 11.9 Å². The van der Waals surface area contributed by atoms with Crippen molar-refractivity contribution in [2.45, 2.75) is 20.0 Å². The lowest BCUT2D eigenvalue weighted by Crippen LogP contribution is -2.13. The van der Waals surface area contributed by atoms with Crippen LogP contribution in [0.25, 0.3) is 11.3 Å². The Kier molecular flexibility index (Phi) is 5.26. The minimum atomic E-state index is -0.128. The third-order valence-corrected chi connectivity index (χ3v) is 3.97. The summed E-state index contributed by atoms with van der Waals surface area (Å²) < 4.78 is 1.93. The smallest absolute Gasteiger partial charge is 0.223 e. The van der Waals surface area contributed by atoms with Crippen molar-refractivity contribution in [3.05, 3.63) is 71.9 Å². The number of rotatable bonds is 6. The standard InChI is InChI=1S/C20H22N4O/c1-15(25)22-20-23-18(14-21-13-16-9-5-3-6-10-16)19(24(20)2)17-11-7-4-8-12-17/h3-12,21H,13-14H2,1-2H3,(H,22,23,25). The molecule has 0 aliphatic rings. The van der Waals surface area contributed by atoms with Crippen molar-refractivity contribution < 1.29 is 4.79 Å². The molecule has 5 heteroatoms. The van der Waals surface area contributed by atoms with Gasteiger partial charge >= 0.3 is 0 Å². The van der Waals surface area contributed by atoms with Crippen molar-refractivity contribution in [1.82, 2.24) is 14.9 Å². The fourth-order valence-electron chi connectivity index (χ4n) is 2.83. The van der Waals surface area contributed by atoms with E-state index in [2.05, 4.69) is 39.9 Å². The second-order valence-corrected chi connectivity index (χ2v) is 5.93. The average Bonchev–Trinajstić information content (AvgIpc) is 2.91. The number of imidazole rings is 1. The summed E-state index contributed by atoms with van der Waals surface area (Å²) in [5.41, 5.74) is 4.21. The van der Waals surface area contributed by atoms with Gasteiger partial charge in [0.25, 0.3) is 0 Å². The van der Waals surface area contributed by atoms with Crippen LogP contribution in [0.5, 0.6) is 0 Å². The summed E-state index contributed by atoms with van der Waals surface area (Å²) in [6.07, 6.45) is 0. The molecule has 0 aliphatic heterocycles. The molecule has 0 saturated carbocycles. The van der Waals surface area contributed by atoms with Gasteiger partial charge in [-0.05, 0) is 5.56 Å². The molecule has 0 bridgehead atoms. The van der Waals surface area contributed by atoms with Crippen LogP contribution in [0.3, 0.4) is 0 Å². The lowest BCUT2D eigenvalue weighted by molar-refractivity contribution is -0.114. The third-order valence-electron chi connectivity index (χ3n) is 3.97. The van der Waals surface area contributed by atoms with Gasteiger partial charge in [0.15, 0.2) is 0 Å². The Morgan fingerprint density at radius 1 is 1.00 bits per heavy atom. The van der Waals surface area contributed by atoms with Gasteiger partial charge in [0.05, 0.1) is 11.4 Å². The molecule has 3 aromatic rings. The van der Waals surface area contributed by atoms with Gasteiger partial charge in [-0.2, -0.15) is 0 Å². The van der Waals surface area contributed by atoms with Crippen LogP contribution in [-0.4, -0.2) is 15.5 Å². The van der Waals surface area contributed by atoms with E-state index in [1.807, 2.05) is 48.0 Å². The fraction of sp³-hybridized carbons (Fsp3) is 0.200. The number of benzene rings is 2. The average molecular weight is 334 g/mol. The monoisotopic (exact) mass is 334 g/mol. The van der Waals surface area contributed by atoms with Crippen molar-refractivity contribution in [2.75, 3.05) is 5.32 Å². The Labute approximate surface area is 147 Å². The molecule has 0 aliphatic carbocycles. The molecule has 1 heterocycles. The molecular formula is C20H22N4O. The number of nitrogens with one attached hydrogen (secondary N) is 2. The van der Waals surface area contributed by atoms with Gasteiger partial charge < -0.3 is 9.88 Å². The molecule has 3 rings (SSSR count). The largest absolute Gasteiger partial charge is 0.313 e. The minimum Gasteiger partial charge on any atom is -0.313 e. The highest BCUT2D eigenvalue weighted by atomic mass is 16.1. The summed E-state index contributed by atoms with van der Waals surface area (Å²) in [6.45, 7) is 2.87. The normalized spacial score (nSPS) is 10.6. The molecule has 5 nitrogen and oxygen atoms in total. The predicted molar refractivity (Wildman–Crippen MR) is 99.9 cm³/mol. The van der Waals surface area contributed by atoms with Crippen LogP contribution in [0.4, 0.5) is 5.95 Å². The van der Waals surface area contributed by atoms with E-state index in [1.165, 1.54) is 12.5 Å². The summed E-state index contributed by atoms with van der Waals surface area (Å²) in [5.74, 6) is 0.430. The number of hydrogen-bond acceptors (Lipinski definition) is 3. The Morgan fingerprint density at radius 2 is 1.64 bits per heavy atom. The molecule has 0 fully saturated rings. The Morgan fingerprint density at radius 3 is 2.28 bits per heavy atom. The molecular weight excluding hydrogens is 312 g/mol. The Balaban J connectivity index is 1.84. The van der Waals surface area contributed by atoms with Crippen LogP contribution >= 0.6 is 0 Å². The van der Waals surface area contributed by atoms with Crippen LogP contribution in [-0.2, 0) is 24.9 Å². The van der Waals surface area contributed by atoms with E-state index in [4.69, 9.17) is 0 Å². The van der Waals surface area contributed by atoms with E-state index >= 15 is 0 Å². The quantitative estimate of drug-likeness (QED) is 0.727. The van der Waals surface area contributed by atoms with Gasteiger partial charge in [-0.3, -0.25) is 10.1 Å². The maximum Gasteiger partial charge on any atom is 0.223 e. The SMILES string of the molecule is CC(=O)Nc1nc(CNCc2ccccc2)c(-c2ccccc2)n1C. The Bertz CT molecular complexity index is 841. The van der Waals surface area contributed by atoms with Gasteiger partial charge in [-0.15, -0.1) is 0 Å². The zero-order valence-electron chi connectivity index (χ0n) is 14.5. The number of anilines is 1. The minimum absolute atomic E-state index is 0.128. The first kappa shape index (κ1) is 16.9. The van der Waals surface area contributed by atoms with E-state index in [0.717, 1.165) is 23.5 Å². The van der Waals surface area contributed by atoms with Gasteiger partial charge in [0.1, 0.15) is 0 Å². The number of carbonyl (C=O) groups is 1. The van der Waals surface area contributed by atoms with Crippen molar-refractivity contribution in [1.29, 1.82) is 0 Å². The van der Waals surface area contributed by atoms with Gasteiger partial charge in [0, 0.05) is 32.6 Å². The van der Waals surface area contributed by atoms with Crippen LogP contribution in [0.2, 0.25) is 0 Å². The molecule has 1 aromatic heterocycles. The molecule has 0 saturated heterocycles. The number of amides is 1. The lowest BCUT2D eigenvalue weighted by atomic mass is 10.1. The molecule has 0 spiro atoms. The summed E-state index contributed by atoms with van der Waals surface area (Å²) >= 11 is 0. The van der Waals surface area contributed by atoms with Crippen molar-refractivity contribution in [2.24, 2.45) is 7.05 Å². The molecule has 2 aromatic carbocycles. The molecule has 2 N–H and O–H groups in total. The molecule has 128 valence electrons. The zero-order chi connectivity index (χ0) is 17.6. The van der Waals surface area contributed by atoms with Crippen molar-refractivity contribution in [3.8, 4) is 11.3 Å². The second-order valence-electron chi connectivity index (χ2n) is 5.93. The highest BCUT2D eigenvalue weighted by molar-refractivity contribution is 5.87. The first-order chi connectivity index (χ1) is 12.1. The fourth-order valence-corrected chi connectivity index (χ4v) is 2.83. The molecule has 0 unspecified atom stereocenters. The van der Waals surface area contributed by atoms with E-state index < -0.39 is 0 Å². The second kappa shape index (κ2) is 7.77. The van der Waals surface area contributed by atoms with E-state index in [1.54, 1.807) is 0 Å². The molecule has 0 atom stereocenters. The summed E-state index contributed by atoms with van der Waals surface area (Å²) in [5, 5.41) is 6.23. The molecule has 1 amide bonds. The predicted octanol–water partition coefficient (Wildman–Crippen LogP) is 3.34. The van der Waals surface area contributed by atoms with E-state index in [-0.39, 0.29) is 5.91 Å². The third kappa shape index (κ3) is 4.14. The van der Waals surface area contributed by atoms with Crippen LogP contribution in [0, 0.1) is 0 Å². The highest BCUT2D eigenvalue weighted by Gasteiger charge is 2.16. The maximum atomic E-state index is 11.4. The summed E-state index contributed by atoms with van der Waals surface area (Å²) in [6, 6.07) is 20.3. The van der Waals surface area contributed by atoms with E-state index in [0.29, 0.717) is 12.5 Å². The summed E-state index contributed by atoms with van der Waals surface area (Å²) in [7, 11) is 1.92. The number of aromatic nitrogens is 2. The van der Waals surface area contributed by atoms with Crippen LogP contribution in [0.15, 0.2) is 60.7 Å². The first-order valence-electron chi connectivity index (χ1n) is 8.28. The molecule has 25 heavy (non-hydrogen) atoms. The van der Waals surface area contributed by atoms with Gasteiger partial charge in [-0.1, -0.05) is 60.7 Å². The van der Waals surface area contributed by atoms with Gasteiger partial charge in [-0.25, -0.2) is 4.98 Å². The lowest BCUT2D eigenvalue weighted by Gasteiger charge is -2.08. The zero-order valence-corrected chi connectivity index (χ0v) is 14.5. The van der Waals surface area contributed by atoms with Crippen LogP contribution in [0.1, 0.15) is 18.2 Å². The highest BCUT2D eigenvalue weighted by Crippen LogP contribution is 2.26. The summed E-state index contributed by atoms with van der Waals surface area (Å²) in [4.78, 5) is 16.1. The van der Waals surface area contributed by atoms with E-state index in [9.17, 15) is 4.79 Å². The number of hydrogen-bond donors (Lipinski definition) is 2. The number of nitrogens with zero attached hydrogens (tertiary/aromatic N) is 2. The number of carbonyl (C=O) groups excluding carboxylic acids is 1. The first-order valence-corrected chi connectivity index (χ1v) is 8.28. The maximum absolute atomic E-state index is 11.4. The topological polar surface area (TPSA) is 59.0 Å².